The molecule has 0 saturated carbocycles. The quantitative estimate of drug-likeness (QED) is 0.819. The van der Waals surface area contributed by atoms with Crippen LogP contribution in [-0.4, -0.2) is 33.4 Å². The van der Waals surface area contributed by atoms with Gasteiger partial charge in [-0.25, -0.2) is 4.98 Å². The molecule has 2 rings (SSSR count). The number of aromatic nitrogens is 2. The Hall–Kier alpha value is -1.17. The second-order valence-electron chi connectivity index (χ2n) is 4.12. The highest BCUT2D eigenvalue weighted by Gasteiger charge is 2.17. The van der Waals surface area contributed by atoms with Gasteiger partial charge >= 0.3 is 0 Å². The van der Waals surface area contributed by atoms with Gasteiger partial charge in [0.2, 0.25) is 5.91 Å². The molecule has 1 aromatic rings. The SMILES string of the molecule is O=C(Cn1cncc(Br)c1=O)N1CCCCC1. The summed E-state index contributed by atoms with van der Waals surface area (Å²) in [5, 5.41) is 0. The van der Waals surface area contributed by atoms with Crippen molar-refractivity contribution in [1.82, 2.24) is 14.5 Å². The molecule has 1 aliphatic rings. The number of nitrogens with zero attached hydrogens (tertiary/aromatic N) is 3. The molecule has 0 spiro atoms. The third kappa shape index (κ3) is 2.94. The zero-order chi connectivity index (χ0) is 12.3. The predicted octanol–water partition coefficient (Wildman–Crippen LogP) is 1.02. The Morgan fingerprint density at radius 2 is 2.06 bits per heavy atom. The molecule has 17 heavy (non-hydrogen) atoms. The lowest BCUT2D eigenvalue weighted by molar-refractivity contribution is -0.132. The van der Waals surface area contributed by atoms with Crippen LogP contribution in [-0.2, 0) is 11.3 Å². The molecular weight excluding hydrogens is 286 g/mol. The summed E-state index contributed by atoms with van der Waals surface area (Å²) >= 11 is 3.11. The molecule has 0 aromatic carbocycles. The van der Waals surface area contributed by atoms with Crippen LogP contribution in [0.25, 0.3) is 0 Å². The fourth-order valence-corrected chi connectivity index (χ4v) is 2.27. The number of rotatable bonds is 2. The van der Waals surface area contributed by atoms with Crippen molar-refractivity contribution >= 4 is 21.8 Å². The maximum Gasteiger partial charge on any atom is 0.268 e. The van der Waals surface area contributed by atoms with Crippen molar-refractivity contribution in [3.8, 4) is 0 Å². The molecule has 1 aromatic heterocycles. The summed E-state index contributed by atoms with van der Waals surface area (Å²) in [5.41, 5.74) is -0.217. The van der Waals surface area contributed by atoms with E-state index in [1.807, 2.05) is 4.90 Å². The van der Waals surface area contributed by atoms with Gasteiger partial charge in [-0.05, 0) is 35.2 Å². The molecule has 0 aliphatic carbocycles. The molecule has 0 radical (unpaired) electrons. The van der Waals surface area contributed by atoms with E-state index in [0.29, 0.717) is 4.47 Å². The first-order valence-corrected chi connectivity index (χ1v) is 6.45. The van der Waals surface area contributed by atoms with Crippen molar-refractivity contribution in [1.29, 1.82) is 0 Å². The van der Waals surface area contributed by atoms with E-state index in [-0.39, 0.29) is 18.0 Å². The van der Waals surface area contributed by atoms with Crippen LogP contribution < -0.4 is 5.56 Å². The van der Waals surface area contributed by atoms with Crippen LogP contribution in [0.1, 0.15) is 19.3 Å². The second kappa shape index (κ2) is 5.44. The Morgan fingerprint density at radius 1 is 1.35 bits per heavy atom. The smallest absolute Gasteiger partial charge is 0.268 e. The first-order chi connectivity index (χ1) is 8.18. The minimum atomic E-state index is -0.217. The van der Waals surface area contributed by atoms with Crippen LogP contribution in [0.3, 0.4) is 0 Å². The molecule has 92 valence electrons. The second-order valence-corrected chi connectivity index (χ2v) is 4.97. The number of carbonyl (C=O) groups excluding carboxylic acids is 1. The third-order valence-electron chi connectivity index (χ3n) is 2.87. The number of hydrogen-bond acceptors (Lipinski definition) is 3. The van der Waals surface area contributed by atoms with Gasteiger partial charge in [-0.15, -0.1) is 0 Å². The van der Waals surface area contributed by atoms with Crippen LogP contribution in [0.2, 0.25) is 0 Å². The van der Waals surface area contributed by atoms with Crippen molar-refractivity contribution < 1.29 is 4.79 Å². The first kappa shape index (κ1) is 12.3. The molecule has 0 atom stereocenters. The summed E-state index contributed by atoms with van der Waals surface area (Å²) in [6, 6.07) is 0. The molecule has 0 bridgehead atoms. The van der Waals surface area contributed by atoms with Crippen LogP contribution >= 0.6 is 15.9 Å². The van der Waals surface area contributed by atoms with Crippen molar-refractivity contribution in [2.24, 2.45) is 0 Å². The maximum atomic E-state index is 12.0. The Kier molecular flexibility index (Phi) is 3.93. The number of amides is 1. The molecule has 2 heterocycles. The Balaban J connectivity index is 2.07. The van der Waals surface area contributed by atoms with Crippen LogP contribution in [0.4, 0.5) is 0 Å². The maximum absolute atomic E-state index is 12.0. The van der Waals surface area contributed by atoms with Gasteiger partial charge in [0, 0.05) is 19.3 Å². The normalized spacial score (nSPS) is 15.9. The molecule has 1 aliphatic heterocycles. The molecule has 0 unspecified atom stereocenters. The zero-order valence-corrected chi connectivity index (χ0v) is 11.0. The van der Waals surface area contributed by atoms with Crippen molar-refractivity contribution in [3.05, 3.63) is 27.4 Å². The third-order valence-corrected chi connectivity index (χ3v) is 3.42. The average molecular weight is 300 g/mol. The van der Waals surface area contributed by atoms with E-state index in [9.17, 15) is 9.59 Å². The van der Waals surface area contributed by atoms with Gasteiger partial charge in [-0.3, -0.25) is 14.2 Å². The molecule has 1 saturated heterocycles. The van der Waals surface area contributed by atoms with Gasteiger partial charge in [0.15, 0.2) is 0 Å². The Labute approximate surface area is 108 Å². The van der Waals surface area contributed by atoms with Gasteiger partial charge in [0.25, 0.3) is 5.56 Å². The van der Waals surface area contributed by atoms with Gasteiger partial charge in [-0.1, -0.05) is 0 Å². The highest BCUT2D eigenvalue weighted by Crippen LogP contribution is 2.09. The molecule has 0 N–H and O–H groups in total. The number of hydrogen-bond donors (Lipinski definition) is 0. The monoisotopic (exact) mass is 299 g/mol. The van der Waals surface area contributed by atoms with E-state index in [0.717, 1.165) is 25.9 Å². The predicted molar refractivity (Wildman–Crippen MR) is 66.6 cm³/mol. The van der Waals surface area contributed by atoms with E-state index >= 15 is 0 Å². The highest BCUT2D eigenvalue weighted by molar-refractivity contribution is 9.10. The van der Waals surface area contributed by atoms with Crippen LogP contribution in [0, 0.1) is 0 Å². The highest BCUT2D eigenvalue weighted by atomic mass is 79.9. The standard InChI is InChI=1S/C11H14BrN3O2/c12-9-6-13-8-15(11(9)17)7-10(16)14-4-2-1-3-5-14/h6,8H,1-5,7H2. The molecule has 1 amide bonds. The molecule has 5 nitrogen and oxygen atoms in total. The minimum absolute atomic E-state index is 0.00769. The van der Waals surface area contributed by atoms with E-state index in [1.165, 1.54) is 23.5 Å². The fraction of sp³-hybridized carbons (Fsp3) is 0.545. The zero-order valence-electron chi connectivity index (χ0n) is 9.43. The summed E-state index contributed by atoms with van der Waals surface area (Å²) in [6.45, 7) is 1.68. The van der Waals surface area contributed by atoms with Crippen molar-refractivity contribution in [3.63, 3.8) is 0 Å². The van der Waals surface area contributed by atoms with Gasteiger partial charge in [-0.2, -0.15) is 0 Å². The van der Waals surface area contributed by atoms with Gasteiger partial charge in [0.1, 0.15) is 11.0 Å². The number of halogens is 1. The van der Waals surface area contributed by atoms with E-state index in [4.69, 9.17) is 0 Å². The van der Waals surface area contributed by atoms with Crippen molar-refractivity contribution in [2.45, 2.75) is 25.8 Å². The first-order valence-electron chi connectivity index (χ1n) is 5.66. The number of piperidine rings is 1. The number of carbonyl (C=O) groups is 1. The Morgan fingerprint density at radius 3 is 2.76 bits per heavy atom. The lowest BCUT2D eigenvalue weighted by Gasteiger charge is -2.26. The summed E-state index contributed by atoms with van der Waals surface area (Å²) in [6.07, 6.45) is 6.12. The lowest BCUT2D eigenvalue weighted by atomic mass is 10.1. The fourth-order valence-electron chi connectivity index (χ4n) is 1.93. The van der Waals surface area contributed by atoms with Crippen LogP contribution in [0.5, 0.6) is 0 Å². The largest absolute Gasteiger partial charge is 0.341 e. The van der Waals surface area contributed by atoms with E-state index in [1.54, 1.807) is 0 Å². The summed E-state index contributed by atoms with van der Waals surface area (Å²) in [7, 11) is 0. The molecular formula is C11H14BrN3O2. The van der Waals surface area contributed by atoms with Crippen molar-refractivity contribution in [2.75, 3.05) is 13.1 Å². The average Bonchev–Trinajstić information content (AvgIpc) is 2.36. The summed E-state index contributed by atoms with van der Waals surface area (Å²) in [5.74, 6) is -0.00769. The van der Waals surface area contributed by atoms with Crippen LogP contribution in [0.15, 0.2) is 21.8 Å². The topological polar surface area (TPSA) is 55.2 Å². The molecule has 1 fully saturated rings. The Bertz CT molecular complexity index is 466. The summed E-state index contributed by atoms with van der Waals surface area (Å²) < 4.78 is 1.72. The van der Waals surface area contributed by atoms with Gasteiger partial charge in [0.05, 0.1) is 6.33 Å². The molecule has 6 heteroatoms. The lowest BCUT2D eigenvalue weighted by Crippen LogP contribution is -2.39. The number of likely N-dealkylation sites (tertiary alicyclic amines) is 1. The van der Waals surface area contributed by atoms with E-state index < -0.39 is 0 Å². The summed E-state index contributed by atoms with van der Waals surface area (Å²) in [4.78, 5) is 29.4. The van der Waals surface area contributed by atoms with Gasteiger partial charge < -0.3 is 4.90 Å². The van der Waals surface area contributed by atoms with E-state index in [2.05, 4.69) is 20.9 Å². The minimum Gasteiger partial charge on any atom is -0.341 e.